The van der Waals surface area contributed by atoms with Crippen LogP contribution in [0.15, 0.2) is 18.7 Å². The normalized spacial score (nSPS) is 7.00. The lowest BCUT2D eigenvalue weighted by molar-refractivity contribution is -0.670. The molecule has 0 spiro atoms. The molecule has 0 bridgehead atoms. The second-order valence-corrected chi connectivity index (χ2v) is 2.12. The lowest BCUT2D eigenvalue weighted by atomic mass is 10.6. The Bertz CT molecular complexity index is 424. The molecule has 2 heteroatoms. The number of aryl methyl sites for hydroxylation is 1. The second kappa shape index (κ2) is 3.91. The average molecular weight is 155 g/mol. The van der Waals surface area contributed by atoms with E-state index in [0.29, 0.717) is 0 Å². The minimum atomic E-state index is 1.71. The van der Waals surface area contributed by atoms with Gasteiger partial charge in [-0.25, -0.2) is 4.57 Å². The van der Waals surface area contributed by atoms with Crippen LogP contribution in [-0.2, 0) is 7.05 Å². The molecule has 0 aliphatic rings. The van der Waals surface area contributed by atoms with Crippen molar-refractivity contribution in [2.24, 2.45) is 7.05 Å². The zero-order chi connectivity index (χ0) is 8.81. The molecule has 2 nitrogen and oxygen atoms in total. The van der Waals surface area contributed by atoms with Crippen LogP contribution in [0.2, 0.25) is 0 Å². The highest BCUT2D eigenvalue weighted by atomic mass is 15.1. The number of aromatic nitrogens is 2. The van der Waals surface area contributed by atoms with E-state index in [-0.39, 0.29) is 0 Å². The molecule has 0 radical (unpaired) electrons. The summed E-state index contributed by atoms with van der Waals surface area (Å²) in [5.74, 6) is 9.72. The zero-order valence-electron chi connectivity index (χ0n) is 6.70. The molecule has 0 amide bonds. The summed E-state index contributed by atoms with van der Waals surface area (Å²) in [6.45, 7) is 0. The van der Waals surface area contributed by atoms with Crippen LogP contribution >= 0.6 is 0 Å². The molecule has 0 aliphatic carbocycles. The van der Waals surface area contributed by atoms with Crippen LogP contribution in [0.5, 0.6) is 0 Å². The van der Waals surface area contributed by atoms with Crippen LogP contribution in [0, 0.1) is 36.1 Å². The Morgan fingerprint density at radius 3 is 2.75 bits per heavy atom. The summed E-state index contributed by atoms with van der Waals surface area (Å²) in [4.78, 5) is 0. The second-order valence-electron chi connectivity index (χ2n) is 2.12. The van der Waals surface area contributed by atoms with Crippen molar-refractivity contribution in [2.75, 3.05) is 0 Å². The number of nitrogens with zero attached hydrogens (tertiary/aromatic N) is 2. The fraction of sp³-hybridized carbons (Fsp3) is 0.100. The minimum absolute atomic E-state index is 1.71. The van der Waals surface area contributed by atoms with Crippen molar-refractivity contribution in [3.05, 3.63) is 18.7 Å². The van der Waals surface area contributed by atoms with Crippen LogP contribution in [-0.4, -0.2) is 4.57 Å². The average Bonchev–Trinajstić information content (AvgIpc) is 2.45. The van der Waals surface area contributed by atoms with Crippen molar-refractivity contribution < 1.29 is 4.57 Å². The third-order valence-electron chi connectivity index (χ3n) is 1.15. The van der Waals surface area contributed by atoms with Crippen molar-refractivity contribution >= 4 is 0 Å². The van der Waals surface area contributed by atoms with E-state index in [1.165, 1.54) is 0 Å². The van der Waals surface area contributed by atoms with Crippen molar-refractivity contribution in [3.8, 4) is 36.1 Å². The van der Waals surface area contributed by atoms with E-state index in [2.05, 4.69) is 29.7 Å². The van der Waals surface area contributed by atoms with Gasteiger partial charge in [-0.2, -0.15) is 4.57 Å². The Balaban J connectivity index is 2.75. The van der Waals surface area contributed by atoms with Gasteiger partial charge in [0.05, 0.1) is 7.05 Å². The van der Waals surface area contributed by atoms with E-state index in [1.807, 2.05) is 30.3 Å². The Morgan fingerprint density at radius 2 is 2.17 bits per heavy atom. The van der Waals surface area contributed by atoms with Crippen LogP contribution in [0.4, 0.5) is 0 Å². The van der Waals surface area contributed by atoms with E-state index in [9.17, 15) is 0 Å². The fourth-order valence-electron chi connectivity index (χ4n) is 0.676. The van der Waals surface area contributed by atoms with E-state index in [1.54, 1.807) is 4.57 Å². The molecule has 1 rings (SSSR count). The Hall–Kier alpha value is -2.11. The molecule has 0 fully saturated rings. The largest absolute Gasteiger partial charge is 0.257 e. The first kappa shape index (κ1) is 7.99. The van der Waals surface area contributed by atoms with Gasteiger partial charge < -0.3 is 0 Å². The van der Waals surface area contributed by atoms with E-state index < -0.39 is 0 Å². The maximum absolute atomic E-state index is 4.91. The van der Waals surface area contributed by atoms with Crippen molar-refractivity contribution in [1.82, 2.24) is 4.57 Å². The monoisotopic (exact) mass is 155 g/mol. The quantitative estimate of drug-likeness (QED) is 0.361. The van der Waals surface area contributed by atoms with Gasteiger partial charge in [-0.15, -0.1) is 6.42 Å². The highest BCUT2D eigenvalue weighted by molar-refractivity contribution is 5.33. The summed E-state index contributed by atoms with van der Waals surface area (Å²) in [7, 11) is 1.92. The van der Waals surface area contributed by atoms with Gasteiger partial charge in [0, 0.05) is 11.8 Å². The topological polar surface area (TPSA) is 8.81 Å². The third-order valence-corrected chi connectivity index (χ3v) is 1.15. The number of terminal acetylenes is 1. The highest BCUT2D eigenvalue weighted by Crippen LogP contribution is 1.75. The van der Waals surface area contributed by atoms with Crippen LogP contribution in [0.1, 0.15) is 0 Å². The Morgan fingerprint density at radius 1 is 1.33 bits per heavy atom. The van der Waals surface area contributed by atoms with Gasteiger partial charge in [-0.05, 0) is 11.8 Å². The van der Waals surface area contributed by atoms with E-state index >= 15 is 0 Å². The summed E-state index contributed by atoms with van der Waals surface area (Å²) < 4.78 is 3.61. The Kier molecular flexibility index (Phi) is 2.61. The standard InChI is InChI=1S/C10H7N2/c1-3-4-5-6-7-12-9-8-11(2)10-12/h1,8-10H,2H3/q+1. The van der Waals surface area contributed by atoms with Gasteiger partial charge >= 0.3 is 0 Å². The van der Waals surface area contributed by atoms with Crippen LogP contribution in [0.3, 0.4) is 0 Å². The zero-order valence-corrected chi connectivity index (χ0v) is 6.70. The molecule has 0 saturated heterocycles. The van der Waals surface area contributed by atoms with E-state index in [0.717, 1.165) is 0 Å². The smallest absolute Gasteiger partial charge is 0.239 e. The SMILES string of the molecule is C#CC#CC#Cn1cc[n+](C)c1. The van der Waals surface area contributed by atoms with Gasteiger partial charge in [0.1, 0.15) is 18.4 Å². The predicted molar refractivity (Wildman–Crippen MR) is 45.4 cm³/mol. The third kappa shape index (κ3) is 2.25. The molecule has 1 heterocycles. The molecule has 1 aromatic rings. The van der Waals surface area contributed by atoms with Crippen molar-refractivity contribution in [1.29, 1.82) is 0 Å². The lowest BCUT2D eigenvalue weighted by Gasteiger charge is -1.72. The van der Waals surface area contributed by atoms with Gasteiger partial charge in [0.15, 0.2) is 0 Å². The number of hydrogen-bond donors (Lipinski definition) is 0. The number of imidazole rings is 1. The summed E-state index contributed by atoms with van der Waals surface area (Å²) in [5.41, 5.74) is 0. The molecule has 0 unspecified atom stereocenters. The van der Waals surface area contributed by atoms with E-state index in [4.69, 9.17) is 6.42 Å². The minimum Gasteiger partial charge on any atom is -0.239 e. The molecule has 0 aliphatic heterocycles. The van der Waals surface area contributed by atoms with Crippen LogP contribution < -0.4 is 4.57 Å². The van der Waals surface area contributed by atoms with Gasteiger partial charge in [-0.3, -0.25) is 0 Å². The summed E-state index contributed by atoms with van der Waals surface area (Å²) in [6.07, 6.45) is 10.5. The van der Waals surface area contributed by atoms with Crippen LogP contribution in [0.25, 0.3) is 0 Å². The van der Waals surface area contributed by atoms with Gasteiger partial charge in [-0.1, -0.05) is 0 Å². The molecule has 1 aromatic heterocycles. The first-order chi connectivity index (χ1) is 5.83. The molecule has 0 atom stereocenters. The lowest BCUT2D eigenvalue weighted by Crippen LogP contribution is -2.23. The number of hydrogen-bond acceptors (Lipinski definition) is 0. The van der Waals surface area contributed by atoms with Crippen molar-refractivity contribution in [2.45, 2.75) is 0 Å². The molecule has 56 valence electrons. The highest BCUT2D eigenvalue weighted by Gasteiger charge is 1.92. The molecule has 0 saturated carbocycles. The molecule has 0 aromatic carbocycles. The number of rotatable bonds is 0. The summed E-state index contributed by atoms with van der Waals surface area (Å²) >= 11 is 0. The first-order valence-corrected chi connectivity index (χ1v) is 3.33. The maximum Gasteiger partial charge on any atom is 0.257 e. The van der Waals surface area contributed by atoms with Crippen molar-refractivity contribution in [3.63, 3.8) is 0 Å². The van der Waals surface area contributed by atoms with Gasteiger partial charge in [0.2, 0.25) is 0 Å². The fourth-order valence-corrected chi connectivity index (χ4v) is 0.676. The summed E-state index contributed by atoms with van der Waals surface area (Å²) in [6, 6.07) is 2.78. The summed E-state index contributed by atoms with van der Waals surface area (Å²) in [5, 5.41) is 0. The molecular formula is C10H7N2+. The molecule has 0 N–H and O–H groups in total. The Labute approximate surface area is 71.8 Å². The van der Waals surface area contributed by atoms with Gasteiger partial charge in [0.25, 0.3) is 6.33 Å². The predicted octanol–water partition coefficient (Wildman–Crippen LogP) is -0.242. The molecule has 12 heavy (non-hydrogen) atoms. The maximum atomic E-state index is 4.91. The first-order valence-electron chi connectivity index (χ1n) is 3.33. The molecular weight excluding hydrogens is 148 g/mol.